The molecule has 96 valence electrons. The van der Waals surface area contributed by atoms with Crippen molar-refractivity contribution in [3.63, 3.8) is 0 Å². The normalized spacial score (nSPS) is 10.4. The van der Waals surface area contributed by atoms with E-state index in [9.17, 15) is 0 Å². The Balaban J connectivity index is 2.20. The summed E-state index contributed by atoms with van der Waals surface area (Å²) in [4.78, 5) is 0. The van der Waals surface area contributed by atoms with Crippen LogP contribution in [0.5, 0.6) is 11.5 Å². The van der Waals surface area contributed by atoms with Crippen LogP contribution in [-0.2, 0) is 13.2 Å². The van der Waals surface area contributed by atoms with E-state index < -0.39 is 0 Å². The number of halogens is 1. The Hall–Kier alpha value is -1.23. The van der Waals surface area contributed by atoms with Crippen molar-refractivity contribution in [3.8, 4) is 11.5 Å². The summed E-state index contributed by atoms with van der Waals surface area (Å²) in [5.74, 6) is 1.03. The molecule has 1 aromatic carbocycles. The Bertz CT molecular complexity index is 511. The van der Waals surface area contributed by atoms with E-state index >= 15 is 0 Å². The van der Waals surface area contributed by atoms with Crippen LogP contribution in [0.3, 0.4) is 0 Å². The maximum atomic E-state index is 9.10. The quantitative estimate of drug-likeness (QED) is 0.913. The Morgan fingerprint density at radius 2 is 2.17 bits per heavy atom. The largest absolute Gasteiger partial charge is 0.493 e. The molecule has 0 saturated heterocycles. The van der Waals surface area contributed by atoms with Crippen LogP contribution in [0, 0.1) is 0 Å². The van der Waals surface area contributed by atoms with Gasteiger partial charge in [0.05, 0.1) is 18.7 Å². The van der Waals surface area contributed by atoms with Gasteiger partial charge in [0.2, 0.25) is 0 Å². The van der Waals surface area contributed by atoms with E-state index in [1.807, 2.05) is 16.8 Å². The van der Waals surface area contributed by atoms with Crippen molar-refractivity contribution >= 4 is 22.9 Å². The zero-order valence-corrected chi connectivity index (χ0v) is 11.4. The summed E-state index contributed by atoms with van der Waals surface area (Å²) in [6.07, 6.45) is 0. The lowest BCUT2D eigenvalue weighted by atomic mass is 10.2. The molecule has 0 atom stereocenters. The van der Waals surface area contributed by atoms with Crippen LogP contribution in [0.1, 0.15) is 11.1 Å². The van der Waals surface area contributed by atoms with Gasteiger partial charge in [0.15, 0.2) is 11.5 Å². The van der Waals surface area contributed by atoms with Crippen LogP contribution < -0.4 is 9.47 Å². The molecule has 0 aliphatic rings. The van der Waals surface area contributed by atoms with Crippen LogP contribution in [-0.4, -0.2) is 12.2 Å². The summed E-state index contributed by atoms with van der Waals surface area (Å²) >= 11 is 7.74. The van der Waals surface area contributed by atoms with Crippen molar-refractivity contribution in [2.24, 2.45) is 0 Å². The van der Waals surface area contributed by atoms with Crippen LogP contribution in [0.25, 0.3) is 0 Å². The second-order valence-electron chi connectivity index (χ2n) is 3.69. The molecular weight excluding hydrogens is 272 g/mol. The van der Waals surface area contributed by atoms with Gasteiger partial charge in [-0.1, -0.05) is 11.6 Å². The first kappa shape index (κ1) is 13.2. The maximum Gasteiger partial charge on any atom is 0.180 e. The Kier molecular flexibility index (Phi) is 4.47. The van der Waals surface area contributed by atoms with Gasteiger partial charge in [-0.05, 0) is 40.1 Å². The predicted molar refractivity (Wildman–Crippen MR) is 72.6 cm³/mol. The van der Waals surface area contributed by atoms with Crippen molar-refractivity contribution in [1.82, 2.24) is 0 Å². The van der Waals surface area contributed by atoms with E-state index in [1.54, 1.807) is 30.6 Å². The summed E-state index contributed by atoms with van der Waals surface area (Å²) < 4.78 is 10.9. The number of ether oxygens (including phenoxy) is 2. The average Bonchev–Trinajstić information content (AvgIpc) is 2.89. The minimum atomic E-state index is -0.0824. The zero-order valence-electron chi connectivity index (χ0n) is 9.85. The van der Waals surface area contributed by atoms with Crippen LogP contribution >= 0.6 is 22.9 Å². The topological polar surface area (TPSA) is 38.7 Å². The molecule has 0 radical (unpaired) electrons. The molecule has 3 nitrogen and oxygen atoms in total. The van der Waals surface area contributed by atoms with Gasteiger partial charge in [-0.2, -0.15) is 11.3 Å². The first-order chi connectivity index (χ1) is 8.74. The molecule has 2 rings (SSSR count). The van der Waals surface area contributed by atoms with Crippen LogP contribution in [0.15, 0.2) is 29.0 Å². The Morgan fingerprint density at radius 1 is 1.33 bits per heavy atom. The van der Waals surface area contributed by atoms with Gasteiger partial charge < -0.3 is 14.6 Å². The van der Waals surface area contributed by atoms with E-state index in [1.165, 1.54) is 0 Å². The molecule has 0 unspecified atom stereocenters. The van der Waals surface area contributed by atoms with Gasteiger partial charge in [0, 0.05) is 0 Å². The third kappa shape index (κ3) is 2.96. The molecule has 5 heteroatoms. The molecule has 0 fully saturated rings. The second kappa shape index (κ2) is 6.09. The molecule has 0 aliphatic carbocycles. The first-order valence-electron chi connectivity index (χ1n) is 5.35. The third-order valence-corrected chi connectivity index (χ3v) is 3.45. The van der Waals surface area contributed by atoms with Gasteiger partial charge in [-0.25, -0.2) is 0 Å². The number of rotatable bonds is 5. The lowest BCUT2D eigenvalue weighted by molar-refractivity contribution is 0.274. The van der Waals surface area contributed by atoms with E-state index in [0.29, 0.717) is 28.7 Å². The lowest BCUT2D eigenvalue weighted by Gasteiger charge is -2.13. The molecule has 1 N–H and O–H groups in total. The van der Waals surface area contributed by atoms with Crippen molar-refractivity contribution < 1.29 is 14.6 Å². The number of methoxy groups -OCH3 is 1. The summed E-state index contributed by atoms with van der Waals surface area (Å²) in [7, 11) is 1.55. The molecule has 0 bridgehead atoms. The minimum absolute atomic E-state index is 0.0824. The summed E-state index contributed by atoms with van der Waals surface area (Å²) in [6.45, 7) is 0.360. The Labute approximate surface area is 115 Å². The van der Waals surface area contributed by atoms with E-state index in [-0.39, 0.29) is 6.61 Å². The van der Waals surface area contributed by atoms with E-state index in [2.05, 4.69) is 0 Å². The standard InChI is InChI=1S/C13H13ClO3S/c1-16-12-5-10(6-15)4-11(14)13(12)17-7-9-2-3-18-8-9/h2-5,8,15H,6-7H2,1H3. The van der Waals surface area contributed by atoms with E-state index in [0.717, 1.165) is 5.56 Å². The number of benzene rings is 1. The molecule has 0 spiro atoms. The third-order valence-electron chi connectivity index (χ3n) is 2.44. The summed E-state index contributed by atoms with van der Waals surface area (Å²) in [6, 6.07) is 5.38. The highest BCUT2D eigenvalue weighted by molar-refractivity contribution is 7.07. The predicted octanol–water partition coefficient (Wildman–Crippen LogP) is 3.48. The molecular formula is C13H13ClO3S. The summed E-state index contributed by atoms with van der Waals surface area (Å²) in [5, 5.41) is 13.5. The molecule has 1 aromatic heterocycles. The average molecular weight is 285 g/mol. The fourth-order valence-corrected chi connectivity index (χ4v) is 2.48. The molecule has 0 aliphatic heterocycles. The highest BCUT2D eigenvalue weighted by atomic mass is 35.5. The maximum absolute atomic E-state index is 9.10. The Morgan fingerprint density at radius 3 is 2.78 bits per heavy atom. The number of hydrogen-bond donors (Lipinski definition) is 1. The zero-order chi connectivity index (χ0) is 13.0. The number of aliphatic hydroxyl groups is 1. The SMILES string of the molecule is COc1cc(CO)cc(Cl)c1OCc1ccsc1. The van der Waals surface area contributed by atoms with Gasteiger partial charge in [0.25, 0.3) is 0 Å². The van der Waals surface area contributed by atoms with E-state index in [4.69, 9.17) is 26.2 Å². The van der Waals surface area contributed by atoms with Gasteiger partial charge >= 0.3 is 0 Å². The fraction of sp³-hybridized carbons (Fsp3) is 0.231. The number of thiophene rings is 1. The van der Waals surface area contributed by atoms with Crippen molar-refractivity contribution in [2.75, 3.05) is 7.11 Å². The van der Waals surface area contributed by atoms with Gasteiger partial charge in [-0.3, -0.25) is 0 Å². The molecule has 0 saturated carbocycles. The fourth-order valence-electron chi connectivity index (χ4n) is 1.53. The molecule has 1 heterocycles. The molecule has 0 amide bonds. The first-order valence-corrected chi connectivity index (χ1v) is 6.68. The number of hydrogen-bond acceptors (Lipinski definition) is 4. The van der Waals surface area contributed by atoms with Crippen molar-refractivity contribution in [3.05, 3.63) is 45.1 Å². The van der Waals surface area contributed by atoms with Crippen LogP contribution in [0.4, 0.5) is 0 Å². The molecule has 2 aromatic rings. The van der Waals surface area contributed by atoms with Gasteiger partial charge in [-0.15, -0.1) is 0 Å². The van der Waals surface area contributed by atoms with Crippen LogP contribution in [0.2, 0.25) is 5.02 Å². The highest BCUT2D eigenvalue weighted by Gasteiger charge is 2.12. The summed E-state index contributed by atoms with van der Waals surface area (Å²) in [5.41, 5.74) is 1.78. The lowest BCUT2D eigenvalue weighted by Crippen LogP contribution is -1.98. The highest BCUT2D eigenvalue weighted by Crippen LogP contribution is 2.37. The monoisotopic (exact) mass is 284 g/mol. The number of aliphatic hydroxyl groups excluding tert-OH is 1. The smallest absolute Gasteiger partial charge is 0.180 e. The second-order valence-corrected chi connectivity index (χ2v) is 4.87. The van der Waals surface area contributed by atoms with Gasteiger partial charge in [0.1, 0.15) is 6.61 Å². The molecule has 18 heavy (non-hydrogen) atoms. The van der Waals surface area contributed by atoms with Crippen molar-refractivity contribution in [2.45, 2.75) is 13.2 Å². The minimum Gasteiger partial charge on any atom is -0.493 e. The van der Waals surface area contributed by atoms with Crippen molar-refractivity contribution in [1.29, 1.82) is 0 Å².